The van der Waals surface area contributed by atoms with Crippen molar-refractivity contribution in [1.82, 2.24) is 19.1 Å². The average molecular weight is 501 g/mol. The highest BCUT2D eigenvalue weighted by Crippen LogP contribution is 2.36. The van der Waals surface area contributed by atoms with E-state index < -0.39 is 9.84 Å². The molecule has 0 bridgehead atoms. The molecule has 0 unspecified atom stereocenters. The van der Waals surface area contributed by atoms with Crippen LogP contribution in [-0.2, 0) is 29.7 Å². The van der Waals surface area contributed by atoms with Crippen LogP contribution >= 0.6 is 11.6 Å². The van der Waals surface area contributed by atoms with E-state index in [1.807, 2.05) is 36.9 Å². The van der Waals surface area contributed by atoms with Crippen molar-refractivity contribution < 1.29 is 13.2 Å². The summed E-state index contributed by atoms with van der Waals surface area (Å²) in [5.41, 5.74) is 1.97. The Morgan fingerprint density at radius 2 is 1.85 bits per heavy atom. The van der Waals surface area contributed by atoms with E-state index in [0.717, 1.165) is 17.3 Å². The molecule has 34 heavy (non-hydrogen) atoms. The minimum atomic E-state index is -3.37. The van der Waals surface area contributed by atoms with Crippen LogP contribution < -0.4 is 10.3 Å². The van der Waals surface area contributed by atoms with Crippen molar-refractivity contribution in [3.63, 3.8) is 0 Å². The fourth-order valence-corrected chi connectivity index (χ4v) is 5.33. The van der Waals surface area contributed by atoms with Gasteiger partial charge in [-0.25, -0.2) is 8.42 Å². The zero-order valence-electron chi connectivity index (χ0n) is 19.2. The molecule has 0 aliphatic rings. The zero-order valence-corrected chi connectivity index (χ0v) is 20.7. The number of hydrogen-bond donors (Lipinski definition) is 0. The molecule has 0 spiro atoms. The van der Waals surface area contributed by atoms with Gasteiger partial charge in [0, 0.05) is 43.5 Å². The largest absolute Gasteiger partial charge is 0.420 e. The Balaban J connectivity index is 1.82. The standard InChI is InChI=1S/C24H25ClN4O4S/c1-4-5-12-34(31,32)15-18-13-20(17-7-9-21(30)29(3)14-17)27-24(26-18)33-23-19(25)8-6-16-10-11-28(2)22(16)23/h6-11,13-14H,4-5,12,15H2,1-3H3. The van der Waals surface area contributed by atoms with E-state index in [0.29, 0.717) is 34.1 Å². The Morgan fingerprint density at radius 3 is 2.59 bits per heavy atom. The molecule has 0 fully saturated rings. The van der Waals surface area contributed by atoms with E-state index in [9.17, 15) is 13.2 Å². The molecule has 0 radical (unpaired) electrons. The fourth-order valence-electron chi connectivity index (χ4n) is 3.66. The average Bonchev–Trinajstić information content (AvgIpc) is 3.16. The number of benzene rings is 1. The molecule has 4 aromatic rings. The normalized spacial score (nSPS) is 11.8. The summed E-state index contributed by atoms with van der Waals surface area (Å²) in [5, 5.41) is 1.31. The molecule has 0 N–H and O–H groups in total. The maximum absolute atomic E-state index is 12.6. The SMILES string of the molecule is CCCCS(=O)(=O)Cc1cc(-c2ccc(=O)n(C)c2)nc(Oc2c(Cl)ccc3ccn(C)c23)n1. The van der Waals surface area contributed by atoms with Crippen LogP contribution in [0.3, 0.4) is 0 Å². The maximum atomic E-state index is 12.6. The molecule has 0 amide bonds. The monoisotopic (exact) mass is 500 g/mol. The minimum absolute atomic E-state index is 0.0253. The summed E-state index contributed by atoms with van der Waals surface area (Å²) >= 11 is 6.45. The molecule has 0 aliphatic carbocycles. The van der Waals surface area contributed by atoms with Crippen LogP contribution in [0.25, 0.3) is 22.2 Å². The molecular formula is C24H25ClN4O4S. The highest BCUT2D eigenvalue weighted by Gasteiger charge is 2.18. The van der Waals surface area contributed by atoms with Crippen LogP contribution in [0, 0.1) is 0 Å². The summed E-state index contributed by atoms with van der Waals surface area (Å²) < 4.78 is 34.7. The van der Waals surface area contributed by atoms with Crippen molar-refractivity contribution in [3.8, 4) is 23.0 Å². The number of nitrogens with zero attached hydrogens (tertiary/aromatic N) is 4. The number of unbranched alkanes of at least 4 members (excludes halogenated alkanes) is 1. The van der Waals surface area contributed by atoms with Crippen LogP contribution in [0.15, 0.2) is 53.6 Å². The maximum Gasteiger partial charge on any atom is 0.322 e. The summed E-state index contributed by atoms with van der Waals surface area (Å²) in [5.74, 6) is 0.212. The number of pyridine rings is 1. The van der Waals surface area contributed by atoms with Crippen LogP contribution in [0.4, 0.5) is 0 Å². The number of hydrogen-bond acceptors (Lipinski definition) is 6. The van der Waals surface area contributed by atoms with Gasteiger partial charge in [0.05, 0.1) is 33.4 Å². The second-order valence-corrected chi connectivity index (χ2v) is 10.8. The molecule has 10 heteroatoms. The van der Waals surface area contributed by atoms with Crippen LogP contribution in [0.2, 0.25) is 5.02 Å². The predicted octanol–water partition coefficient (Wildman–Crippen LogP) is 4.49. The first-order valence-corrected chi connectivity index (χ1v) is 13.0. The predicted molar refractivity (Wildman–Crippen MR) is 133 cm³/mol. The lowest BCUT2D eigenvalue weighted by atomic mass is 10.2. The molecule has 8 nitrogen and oxygen atoms in total. The van der Waals surface area contributed by atoms with Crippen molar-refractivity contribution >= 4 is 32.3 Å². The molecule has 1 aromatic carbocycles. The van der Waals surface area contributed by atoms with Gasteiger partial charge >= 0.3 is 6.01 Å². The summed E-state index contributed by atoms with van der Waals surface area (Å²) in [7, 11) is 0.137. The third-order valence-electron chi connectivity index (χ3n) is 5.46. The third-order valence-corrected chi connectivity index (χ3v) is 7.40. The van der Waals surface area contributed by atoms with Gasteiger partial charge in [0.2, 0.25) is 5.56 Å². The van der Waals surface area contributed by atoms with Crippen molar-refractivity contribution in [2.45, 2.75) is 25.5 Å². The van der Waals surface area contributed by atoms with E-state index in [-0.39, 0.29) is 23.1 Å². The zero-order chi connectivity index (χ0) is 24.5. The molecule has 178 valence electrons. The van der Waals surface area contributed by atoms with Gasteiger partial charge in [-0.1, -0.05) is 31.0 Å². The van der Waals surface area contributed by atoms with Gasteiger partial charge in [0.1, 0.15) is 0 Å². The second-order valence-electron chi connectivity index (χ2n) is 8.18. The van der Waals surface area contributed by atoms with E-state index in [2.05, 4.69) is 9.97 Å². The fraction of sp³-hybridized carbons (Fsp3) is 0.292. The molecule has 3 aromatic heterocycles. The Labute approximate surface area is 202 Å². The lowest BCUT2D eigenvalue weighted by Crippen LogP contribution is -2.14. The number of sulfone groups is 1. The van der Waals surface area contributed by atoms with Crippen molar-refractivity contribution in [2.75, 3.05) is 5.75 Å². The smallest absolute Gasteiger partial charge is 0.322 e. The van der Waals surface area contributed by atoms with Crippen LogP contribution in [-0.4, -0.2) is 33.3 Å². The van der Waals surface area contributed by atoms with Gasteiger partial charge in [-0.3, -0.25) is 4.79 Å². The minimum Gasteiger partial charge on any atom is -0.420 e. The Bertz CT molecular complexity index is 1530. The molecule has 4 rings (SSSR count). The van der Waals surface area contributed by atoms with E-state index in [1.54, 1.807) is 31.4 Å². The first kappa shape index (κ1) is 24.0. The lowest BCUT2D eigenvalue weighted by Gasteiger charge is -2.12. The Morgan fingerprint density at radius 1 is 1.06 bits per heavy atom. The second kappa shape index (κ2) is 9.60. The van der Waals surface area contributed by atoms with E-state index in [1.165, 1.54) is 10.6 Å². The quantitative estimate of drug-likeness (QED) is 0.353. The van der Waals surface area contributed by atoms with Gasteiger partial charge < -0.3 is 13.9 Å². The van der Waals surface area contributed by atoms with E-state index in [4.69, 9.17) is 16.3 Å². The molecule has 0 saturated carbocycles. The van der Waals surface area contributed by atoms with Gasteiger partial charge in [0.25, 0.3) is 0 Å². The number of rotatable bonds is 8. The summed E-state index contributed by atoms with van der Waals surface area (Å²) in [6.07, 6.45) is 4.88. The van der Waals surface area contributed by atoms with Crippen molar-refractivity contribution in [1.29, 1.82) is 0 Å². The third kappa shape index (κ3) is 5.15. The molecule has 0 aliphatic heterocycles. The molecule has 0 atom stereocenters. The van der Waals surface area contributed by atoms with E-state index >= 15 is 0 Å². The molecule has 3 heterocycles. The Kier molecular flexibility index (Phi) is 6.77. The summed E-state index contributed by atoms with van der Waals surface area (Å²) in [6.45, 7) is 1.94. The number of halogens is 1. The van der Waals surface area contributed by atoms with Gasteiger partial charge in [0.15, 0.2) is 15.6 Å². The topological polar surface area (TPSA) is 96.1 Å². The van der Waals surface area contributed by atoms with Crippen LogP contribution in [0.5, 0.6) is 11.8 Å². The number of fused-ring (bicyclic) bond motifs is 1. The van der Waals surface area contributed by atoms with Crippen LogP contribution in [0.1, 0.15) is 25.5 Å². The van der Waals surface area contributed by atoms with Gasteiger partial charge in [-0.2, -0.15) is 9.97 Å². The summed E-state index contributed by atoms with van der Waals surface area (Å²) in [6, 6.07) is 10.2. The van der Waals surface area contributed by atoms with Crippen molar-refractivity contribution in [3.05, 3.63) is 69.9 Å². The first-order valence-electron chi connectivity index (χ1n) is 10.8. The first-order chi connectivity index (χ1) is 16.2. The number of aromatic nitrogens is 4. The molecule has 0 saturated heterocycles. The highest BCUT2D eigenvalue weighted by molar-refractivity contribution is 7.90. The number of aryl methyl sites for hydroxylation is 2. The van der Waals surface area contributed by atoms with Gasteiger partial charge in [-0.05, 0) is 30.7 Å². The lowest BCUT2D eigenvalue weighted by molar-refractivity contribution is 0.444. The van der Waals surface area contributed by atoms with Gasteiger partial charge in [-0.15, -0.1) is 0 Å². The number of ether oxygens (including phenoxy) is 1. The molecular weight excluding hydrogens is 476 g/mol. The summed E-state index contributed by atoms with van der Waals surface area (Å²) in [4.78, 5) is 20.8. The highest BCUT2D eigenvalue weighted by atomic mass is 35.5. The van der Waals surface area contributed by atoms with Crippen molar-refractivity contribution in [2.24, 2.45) is 14.1 Å². The Hall–Kier alpha value is -3.17.